The molecular formula is C8H7N3S. The van der Waals surface area contributed by atoms with E-state index in [2.05, 4.69) is 4.98 Å². The third kappa shape index (κ3) is 1.06. The van der Waals surface area contributed by atoms with E-state index in [1.807, 2.05) is 17.5 Å². The number of thiophene rings is 1. The van der Waals surface area contributed by atoms with Crippen LogP contribution < -0.4 is 5.73 Å². The molecule has 2 rings (SSSR count). The number of rotatable bonds is 1. The van der Waals surface area contributed by atoms with Gasteiger partial charge in [0.05, 0.1) is 10.2 Å². The molecule has 0 radical (unpaired) electrons. The predicted molar refractivity (Wildman–Crippen MR) is 50.6 cm³/mol. The first-order valence-electron chi connectivity index (χ1n) is 3.45. The molecule has 0 unspecified atom stereocenters. The Hall–Kier alpha value is -1.42. The van der Waals surface area contributed by atoms with Gasteiger partial charge in [-0.1, -0.05) is 0 Å². The van der Waals surface area contributed by atoms with E-state index in [1.165, 1.54) is 0 Å². The minimum absolute atomic E-state index is 0.0674. The average Bonchev–Trinajstić information content (AvgIpc) is 2.49. The molecule has 0 saturated heterocycles. The Bertz CT molecular complexity index is 433. The molecule has 2 aromatic heterocycles. The average molecular weight is 177 g/mol. The summed E-state index contributed by atoms with van der Waals surface area (Å²) in [6.07, 6.45) is 1.62. The fourth-order valence-corrected chi connectivity index (χ4v) is 1.77. The number of aromatic nitrogens is 1. The van der Waals surface area contributed by atoms with Crippen molar-refractivity contribution in [2.75, 3.05) is 0 Å². The van der Waals surface area contributed by atoms with Crippen molar-refractivity contribution in [2.24, 2.45) is 5.73 Å². The molecule has 0 atom stereocenters. The van der Waals surface area contributed by atoms with Gasteiger partial charge in [-0.15, -0.1) is 11.3 Å². The second kappa shape index (κ2) is 2.57. The summed E-state index contributed by atoms with van der Waals surface area (Å²) in [4.78, 5) is 4.15. The van der Waals surface area contributed by atoms with Crippen molar-refractivity contribution < 1.29 is 0 Å². The Kier molecular flexibility index (Phi) is 1.55. The molecule has 0 saturated carbocycles. The van der Waals surface area contributed by atoms with Gasteiger partial charge < -0.3 is 5.73 Å². The summed E-state index contributed by atoms with van der Waals surface area (Å²) in [6.45, 7) is 0. The molecule has 0 fully saturated rings. The lowest BCUT2D eigenvalue weighted by Gasteiger charge is -1.95. The van der Waals surface area contributed by atoms with Crippen LogP contribution >= 0.6 is 11.3 Å². The van der Waals surface area contributed by atoms with Gasteiger partial charge in [0, 0.05) is 11.8 Å². The normalized spacial score (nSPS) is 10.3. The van der Waals surface area contributed by atoms with Crippen LogP contribution in [0.25, 0.3) is 10.2 Å². The number of fused-ring (bicyclic) bond motifs is 1. The first-order valence-corrected chi connectivity index (χ1v) is 4.33. The van der Waals surface area contributed by atoms with Crippen LogP contribution in [-0.2, 0) is 0 Å². The van der Waals surface area contributed by atoms with Gasteiger partial charge in [-0.05, 0) is 17.5 Å². The van der Waals surface area contributed by atoms with Gasteiger partial charge >= 0.3 is 0 Å². The molecule has 12 heavy (non-hydrogen) atoms. The van der Waals surface area contributed by atoms with E-state index in [-0.39, 0.29) is 5.84 Å². The zero-order valence-electron chi connectivity index (χ0n) is 6.24. The molecule has 2 aromatic rings. The third-order valence-electron chi connectivity index (χ3n) is 1.61. The molecule has 0 spiro atoms. The zero-order valence-corrected chi connectivity index (χ0v) is 7.06. The lowest BCUT2D eigenvalue weighted by molar-refractivity contribution is 1.36. The molecule has 60 valence electrons. The largest absolute Gasteiger partial charge is 0.384 e. The minimum atomic E-state index is 0.0674. The fraction of sp³-hybridized carbons (Fsp3) is 0. The standard InChI is InChI=1S/C8H7N3S/c9-8(10)5-3-7-6(11-4-5)1-2-12-7/h1-4H,(H3,9,10). The van der Waals surface area contributed by atoms with Crippen LogP contribution in [0, 0.1) is 5.41 Å². The Morgan fingerprint density at radius 2 is 2.42 bits per heavy atom. The highest BCUT2D eigenvalue weighted by atomic mass is 32.1. The summed E-state index contributed by atoms with van der Waals surface area (Å²) in [5, 5.41) is 9.18. The van der Waals surface area contributed by atoms with Gasteiger partial charge in [0.2, 0.25) is 0 Å². The monoisotopic (exact) mass is 177 g/mol. The van der Waals surface area contributed by atoms with Crippen molar-refractivity contribution in [3.05, 3.63) is 29.3 Å². The lowest BCUT2D eigenvalue weighted by Crippen LogP contribution is -2.10. The second-order valence-corrected chi connectivity index (χ2v) is 3.39. The zero-order chi connectivity index (χ0) is 8.55. The number of nitrogens with two attached hydrogens (primary N) is 1. The number of hydrogen-bond acceptors (Lipinski definition) is 3. The molecule has 4 heteroatoms. The highest BCUT2D eigenvalue weighted by molar-refractivity contribution is 7.17. The Labute approximate surface area is 73.4 Å². The van der Waals surface area contributed by atoms with Crippen LogP contribution in [-0.4, -0.2) is 10.8 Å². The van der Waals surface area contributed by atoms with E-state index in [0.29, 0.717) is 5.56 Å². The number of nitrogen functional groups attached to an aromatic ring is 1. The van der Waals surface area contributed by atoms with Gasteiger partial charge in [0.1, 0.15) is 5.84 Å². The maximum Gasteiger partial charge on any atom is 0.124 e. The van der Waals surface area contributed by atoms with Crippen molar-refractivity contribution >= 4 is 27.4 Å². The van der Waals surface area contributed by atoms with E-state index in [0.717, 1.165) is 10.2 Å². The van der Waals surface area contributed by atoms with Crippen molar-refractivity contribution in [2.45, 2.75) is 0 Å². The highest BCUT2D eigenvalue weighted by Gasteiger charge is 1.99. The van der Waals surface area contributed by atoms with Crippen molar-refractivity contribution in [1.29, 1.82) is 5.41 Å². The fourth-order valence-electron chi connectivity index (χ4n) is 0.994. The Morgan fingerprint density at radius 3 is 3.17 bits per heavy atom. The maximum absolute atomic E-state index is 7.21. The topological polar surface area (TPSA) is 62.8 Å². The molecule has 0 bridgehead atoms. The van der Waals surface area contributed by atoms with Crippen LogP contribution in [0.1, 0.15) is 5.56 Å². The van der Waals surface area contributed by atoms with Crippen molar-refractivity contribution in [3.63, 3.8) is 0 Å². The van der Waals surface area contributed by atoms with Crippen LogP contribution in [0.2, 0.25) is 0 Å². The van der Waals surface area contributed by atoms with E-state index in [4.69, 9.17) is 11.1 Å². The van der Waals surface area contributed by atoms with E-state index < -0.39 is 0 Å². The quantitative estimate of drug-likeness (QED) is 0.513. The second-order valence-electron chi connectivity index (χ2n) is 2.44. The minimum Gasteiger partial charge on any atom is -0.384 e. The van der Waals surface area contributed by atoms with E-state index in [1.54, 1.807) is 17.5 Å². The summed E-state index contributed by atoms with van der Waals surface area (Å²) >= 11 is 1.60. The molecule has 0 aromatic carbocycles. The Balaban J connectivity index is 2.68. The summed E-state index contributed by atoms with van der Waals surface area (Å²) < 4.78 is 1.07. The SMILES string of the molecule is N=C(N)c1cnc2ccsc2c1. The van der Waals surface area contributed by atoms with Gasteiger partial charge in [-0.3, -0.25) is 10.4 Å². The van der Waals surface area contributed by atoms with Crippen LogP contribution in [0.3, 0.4) is 0 Å². The summed E-state index contributed by atoms with van der Waals surface area (Å²) in [7, 11) is 0. The van der Waals surface area contributed by atoms with Crippen molar-refractivity contribution in [3.8, 4) is 0 Å². The summed E-state index contributed by atoms with van der Waals surface area (Å²) in [6, 6.07) is 3.83. The third-order valence-corrected chi connectivity index (χ3v) is 2.47. The molecule has 3 nitrogen and oxygen atoms in total. The molecule has 0 aliphatic carbocycles. The van der Waals surface area contributed by atoms with Gasteiger partial charge in [0.25, 0.3) is 0 Å². The molecule has 0 aliphatic rings. The number of hydrogen-bond donors (Lipinski definition) is 2. The van der Waals surface area contributed by atoms with Gasteiger partial charge in [-0.25, -0.2) is 0 Å². The molecular weight excluding hydrogens is 170 g/mol. The summed E-state index contributed by atoms with van der Waals surface area (Å²) in [5.41, 5.74) is 6.97. The first-order chi connectivity index (χ1) is 5.77. The molecule has 2 heterocycles. The van der Waals surface area contributed by atoms with Gasteiger partial charge in [0.15, 0.2) is 0 Å². The van der Waals surface area contributed by atoms with E-state index in [9.17, 15) is 0 Å². The Morgan fingerprint density at radius 1 is 1.58 bits per heavy atom. The molecule has 3 N–H and O–H groups in total. The number of pyridine rings is 1. The highest BCUT2D eigenvalue weighted by Crippen LogP contribution is 2.18. The number of nitrogens with one attached hydrogen (secondary N) is 1. The van der Waals surface area contributed by atoms with Crippen LogP contribution in [0.4, 0.5) is 0 Å². The number of nitrogens with zero attached hydrogens (tertiary/aromatic N) is 1. The lowest BCUT2D eigenvalue weighted by atomic mass is 10.2. The van der Waals surface area contributed by atoms with Crippen molar-refractivity contribution in [1.82, 2.24) is 4.98 Å². The van der Waals surface area contributed by atoms with E-state index >= 15 is 0 Å². The molecule has 0 aliphatic heterocycles. The number of amidine groups is 1. The predicted octanol–water partition coefficient (Wildman–Crippen LogP) is 1.58. The maximum atomic E-state index is 7.21. The summed E-state index contributed by atoms with van der Waals surface area (Å²) in [5.74, 6) is 0.0674. The van der Waals surface area contributed by atoms with Gasteiger partial charge in [-0.2, -0.15) is 0 Å². The molecule has 0 amide bonds. The van der Waals surface area contributed by atoms with Crippen LogP contribution in [0.5, 0.6) is 0 Å². The first kappa shape index (κ1) is 7.24. The smallest absolute Gasteiger partial charge is 0.124 e. The van der Waals surface area contributed by atoms with Crippen LogP contribution in [0.15, 0.2) is 23.7 Å².